The number of carbonyl (C=O) groups is 1. The quantitative estimate of drug-likeness (QED) is 0.240. The molecule has 0 saturated heterocycles. The molecule has 0 N–H and O–H groups in total. The molecule has 156 valence electrons. The summed E-state index contributed by atoms with van der Waals surface area (Å²) in [6.45, 7) is 5.40. The molecular formula is C25H32O4. The first kappa shape index (κ1) is 22.7. The molecule has 4 nitrogen and oxygen atoms in total. The molecule has 0 aliphatic carbocycles. The normalized spacial score (nSPS) is 10.6. The summed E-state index contributed by atoms with van der Waals surface area (Å²) in [6.07, 6.45) is 7.20. The summed E-state index contributed by atoms with van der Waals surface area (Å²) in [5.41, 5.74) is 3.30. The van der Waals surface area contributed by atoms with Gasteiger partial charge in [0.05, 0.1) is 19.3 Å². The summed E-state index contributed by atoms with van der Waals surface area (Å²) in [4.78, 5) is 11.6. The fourth-order valence-electron chi connectivity index (χ4n) is 3.09. The fourth-order valence-corrected chi connectivity index (χ4v) is 3.09. The molecule has 0 amide bonds. The van der Waals surface area contributed by atoms with E-state index in [1.165, 1.54) is 32.8 Å². The maximum atomic E-state index is 11.6. The van der Waals surface area contributed by atoms with Crippen molar-refractivity contribution >= 4 is 11.5 Å². The largest absolute Gasteiger partial charge is 0.494 e. The lowest BCUT2D eigenvalue weighted by Crippen LogP contribution is -2.02. The Balaban J connectivity index is 1.74. The van der Waals surface area contributed by atoms with E-state index in [1.807, 2.05) is 36.4 Å². The lowest BCUT2D eigenvalue weighted by Gasteiger charge is -2.09. The van der Waals surface area contributed by atoms with Crippen LogP contribution < -0.4 is 4.74 Å². The Kier molecular flexibility index (Phi) is 10.0. The molecule has 0 bridgehead atoms. The van der Waals surface area contributed by atoms with Crippen LogP contribution in [0.15, 0.2) is 55.1 Å². The Morgan fingerprint density at radius 1 is 0.759 bits per heavy atom. The molecular weight excluding hydrogens is 364 g/mol. The molecule has 4 heteroatoms. The number of ether oxygens (including phenoxy) is 3. The maximum Gasteiger partial charge on any atom is 0.337 e. The van der Waals surface area contributed by atoms with Crippen molar-refractivity contribution in [1.29, 1.82) is 0 Å². The van der Waals surface area contributed by atoms with Gasteiger partial charge in [-0.05, 0) is 41.7 Å². The van der Waals surface area contributed by atoms with Crippen LogP contribution in [-0.4, -0.2) is 33.4 Å². The van der Waals surface area contributed by atoms with Gasteiger partial charge in [-0.3, -0.25) is 0 Å². The van der Waals surface area contributed by atoms with E-state index >= 15 is 0 Å². The Hall–Kier alpha value is -2.59. The summed E-state index contributed by atoms with van der Waals surface area (Å²) in [5.74, 6) is 0.481. The highest BCUT2D eigenvalue weighted by atomic mass is 16.5. The van der Waals surface area contributed by atoms with E-state index in [4.69, 9.17) is 14.2 Å². The minimum absolute atomic E-state index is 0.359. The highest BCUT2D eigenvalue weighted by Crippen LogP contribution is 2.24. The molecule has 0 fully saturated rings. The van der Waals surface area contributed by atoms with Gasteiger partial charge in [-0.1, -0.05) is 68.7 Å². The van der Waals surface area contributed by atoms with Gasteiger partial charge in [-0.2, -0.15) is 0 Å². The monoisotopic (exact) mass is 396 g/mol. The topological polar surface area (TPSA) is 44.8 Å². The van der Waals surface area contributed by atoms with Crippen molar-refractivity contribution in [2.75, 3.05) is 27.4 Å². The van der Waals surface area contributed by atoms with Gasteiger partial charge in [0.2, 0.25) is 0 Å². The van der Waals surface area contributed by atoms with Gasteiger partial charge in [0.25, 0.3) is 0 Å². The Morgan fingerprint density at radius 3 is 1.83 bits per heavy atom. The fraction of sp³-hybridized carbons (Fsp3) is 0.400. The van der Waals surface area contributed by atoms with Crippen LogP contribution in [0.5, 0.6) is 5.75 Å². The van der Waals surface area contributed by atoms with Crippen LogP contribution in [0.2, 0.25) is 0 Å². The standard InChI is InChI=1S/C25H32O4/c1-20(25(26)28-3)21-10-12-22(13-11-21)23-14-16-24(17-15-23)29-19-9-7-5-4-6-8-18-27-2/h10-17H,1,4-9,18-19H2,2-3H3. The Morgan fingerprint density at radius 2 is 1.28 bits per heavy atom. The summed E-state index contributed by atoms with van der Waals surface area (Å²) >= 11 is 0. The molecule has 0 radical (unpaired) electrons. The molecule has 0 aromatic heterocycles. The second-order valence-electron chi connectivity index (χ2n) is 7.03. The Labute approximate surface area is 174 Å². The maximum absolute atomic E-state index is 11.6. The van der Waals surface area contributed by atoms with Crippen molar-refractivity contribution in [1.82, 2.24) is 0 Å². The van der Waals surface area contributed by atoms with Gasteiger partial charge in [0, 0.05) is 13.7 Å². The van der Waals surface area contributed by atoms with Crippen molar-refractivity contribution in [2.24, 2.45) is 0 Å². The molecule has 0 saturated carbocycles. The molecule has 0 unspecified atom stereocenters. The van der Waals surface area contributed by atoms with Crippen LogP contribution in [0.25, 0.3) is 16.7 Å². The van der Waals surface area contributed by atoms with E-state index < -0.39 is 5.97 Å². The summed E-state index contributed by atoms with van der Waals surface area (Å²) < 4.78 is 15.6. The van der Waals surface area contributed by atoms with Gasteiger partial charge < -0.3 is 14.2 Å². The third kappa shape index (κ3) is 7.74. The molecule has 0 atom stereocenters. The van der Waals surface area contributed by atoms with E-state index in [1.54, 1.807) is 7.11 Å². The highest BCUT2D eigenvalue weighted by molar-refractivity contribution is 6.15. The molecule has 0 heterocycles. The lowest BCUT2D eigenvalue weighted by atomic mass is 10.0. The number of rotatable bonds is 13. The zero-order chi connectivity index (χ0) is 20.9. The van der Waals surface area contributed by atoms with Crippen LogP contribution in [0, 0.1) is 0 Å². The molecule has 0 spiro atoms. The first-order chi connectivity index (χ1) is 14.2. The van der Waals surface area contributed by atoms with Crippen molar-refractivity contribution in [3.8, 4) is 16.9 Å². The minimum atomic E-state index is -0.412. The van der Waals surface area contributed by atoms with Crippen molar-refractivity contribution in [3.63, 3.8) is 0 Å². The Bertz CT molecular complexity index is 747. The lowest BCUT2D eigenvalue weighted by molar-refractivity contribution is -0.133. The first-order valence-electron chi connectivity index (χ1n) is 10.3. The number of benzene rings is 2. The zero-order valence-corrected chi connectivity index (χ0v) is 17.6. The summed E-state index contributed by atoms with van der Waals surface area (Å²) in [5, 5.41) is 0. The number of hydrogen-bond acceptors (Lipinski definition) is 4. The zero-order valence-electron chi connectivity index (χ0n) is 17.6. The van der Waals surface area contributed by atoms with Gasteiger partial charge in [-0.15, -0.1) is 0 Å². The first-order valence-corrected chi connectivity index (χ1v) is 10.3. The SMILES string of the molecule is C=C(C(=O)OC)c1ccc(-c2ccc(OCCCCCCCCOC)cc2)cc1. The molecule has 2 rings (SSSR count). The van der Waals surface area contributed by atoms with Crippen LogP contribution in [0.3, 0.4) is 0 Å². The van der Waals surface area contributed by atoms with Crippen LogP contribution in [-0.2, 0) is 14.3 Å². The molecule has 29 heavy (non-hydrogen) atoms. The predicted octanol–water partition coefficient (Wildman–Crippen LogP) is 5.91. The van der Waals surface area contributed by atoms with E-state index in [9.17, 15) is 4.79 Å². The van der Waals surface area contributed by atoms with Gasteiger partial charge in [-0.25, -0.2) is 4.79 Å². The average Bonchev–Trinajstić information content (AvgIpc) is 2.77. The second-order valence-corrected chi connectivity index (χ2v) is 7.03. The van der Waals surface area contributed by atoms with Crippen LogP contribution >= 0.6 is 0 Å². The average molecular weight is 397 g/mol. The van der Waals surface area contributed by atoms with Crippen molar-refractivity contribution in [2.45, 2.75) is 38.5 Å². The summed E-state index contributed by atoms with van der Waals surface area (Å²) in [6, 6.07) is 15.8. The molecule has 2 aromatic rings. The van der Waals surface area contributed by atoms with E-state index in [0.29, 0.717) is 5.57 Å². The van der Waals surface area contributed by atoms with Crippen molar-refractivity contribution in [3.05, 3.63) is 60.7 Å². The van der Waals surface area contributed by atoms with Crippen LogP contribution in [0.4, 0.5) is 0 Å². The second kappa shape index (κ2) is 12.8. The third-order valence-corrected chi connectivity index (χ3v) is 4.86. The molecule has 0 aliphatic heterocycles. The van der Waals surface area contributed by atoms with Gasteiger partial charge in [0.15, 0.2) is 0 Å². The van der Waals surface area contributed by atoms with E-state index in [0.717, 1.165) is 48.5 Å². The molecule has 0 aliphatic rings. The van der Waals surface area contributed by atoms with Crippen LogP contribution in [0.1, 0.15) is 44.1 Å². The highest BCUT2D eigenvalue weighted by Gasteiger charge is 2.09. The minimum Gasteiger partial charge on any atom is -0.494 e. The van der Waals surface area contributed by atoms with E-state index in [-0.39, 0.29) is 0 Å². The smallest absolute Gasteiger partial charge is 0.337 e. The van der Waals surface area contributed by atoms with Gasteiger partial charge in [0.1, 0.15) is 5.75 Å². The third-order valence-electron chi connectivity index (χ3n) is 4.86. The van der Waals surface area contributed by atoms with Gasteiger partial charge >= 0.3 is 5.97 Å². The van der Waals surface area contributed by atoms with Crippen molar-refractivity contribution < 1.29 is 19.0 Å². The number of hydrogen-bond donors (Lipinski definition) is 0. The van der Waals surface area contributed by atoms with E-state index in [2.05, 4.69) is 18.7 Å². The number of unbranched alkanes of at least 4 members (excludes halogenated alkanes) is 5. The number of carbonyl (C=O) groups excluding carboxylic acids is 1. The predicted molar refractivity (Wildman–Crippen MR) is 118 cm³/mol. The number of methoxy groups -OCH3 is 2. The number of esters is 1. The summed E-state index contributed by atoms with van der Waals surface area (Å²) in [7, 11) is 3.11. The molecule has 2 aromatic carbocycles.